The number of sulfonamides is 1. The molecular weight excluding hydrogens is 549 g/mol. The average molecular weight is 564 g/mol. The van der Waals surface area contributed by atoms with Crippen LogP contribution in [-0.4, -0.2) is 25.2 Å². The molecule has 0 fully saturated rings. The van der Waals surface area contributed by atoms with E-state index in [4.69, 9.17) is 23.2 Å². The van der Waals surface area contributed by atoms with Gasteiger partial charge in [0.25, 0.3) is 0 Å². The second kappa shape index (κ2) is 10.3. The number of nitrogens with one attached hydrogen (secondary N) is 1. The molecule has 11 heteroatoms. The second-order valence-electron chi connectivity index (χ2n) is 6.60. The zero-order chi connectivity index (χ0) is 23.5. The summed E-state index contributed by atoms with van der Waals surface area (Å²) in [5.74, 6) is -2.26. The normalized spacial score (nSPS) is 11.6. The minimum Gasteiger partial charge on any atom is -0.322 e. The molecule has 0 saturated heterocycles. The first-order chi connectivity index (χ1) is 15.1. The molecule has 3 aromatic carbocycles. The fourth-order valence-corrected chi connectivity index (χ4v) is 4.83. The summed E-state index contributed by atoms with van der Waals surface area (Å²) in [6.45, 7) is -1.24. The van der Waals surface area contributed by atoms with Crippen molar-refractivity contribution in [2.24, 2.45) is 0 Å². The molecule has 1 N–H and O–H groups in total. The van der Waals surface area contributed by atoms with Gasteiger partial charge >= 0.3 is 0 Å². The summed E-state index contributed by atoms with van der Waals surface area (Å²) in [5.41, 5.74) is -0.236. The van der Waals surface area contributed by atoms with Gasteiger partial charge < -0.3 is 5.32 Å². The molecule has 0 atom stereocenters. The number of hydrogen-bond acceptors (Lipinski definition) is 3. The molecule has 32 heavy (non-hydrogen) atoms. The molecule has 3 aromatic rings. The molecular formula is C21H15BrCl2F2N2O3S. The van der Waals surface area contributed by atoms with Crippen molar-refractivity contribution in [3.8, 4) is 0 Å². The molecule has 0 aliphatic rings. The van der Waals surface area contributed by atoms with Crippen LogP contribution in [0.4, 0.5) is 14.5 Å². The maximum Gasteiger partial charge on any atom is 0.243 e. The van der Waals surface area contributed by atoms with Gasteiger partial charge in [-0.3, -0.25) is 4.79 Å². The predicted molar refractivity (Wildman–Crippen MR) is 123 cm³/mol. The summed E-state index contributed by atoms with van der Waals surface area (Å²) >= 11 is 15.0. The number of nitrogens with zero attached hydrogens (tertiary/aromatic N) is 1. The number of amides is 1. The lowest BCUT2D eigenvalue weighted by atomic mass is 10.2. The zero-order valence-electron chi connectivity index (χ0n) is 16.2. The van der Waals surface area contributed by atoms with E-state index in [-0.39, 0.29) is 21.2 Å². The van der Waals surface area contributed by atoms with Gasteiger partial charge in [-0.1, -0.05) is 45.2 Å². The first kappa shape index (κ1) is 24.6. The Morgan fingerprint density at radius 3 is 2.31 bits per heavy atom. The highest BCUT2D eigenvalue weighted by Crippen LogP contribution is 2.26. The van der Waals surface area contributed by atoms with Crippen LogP contribution in [0.5, 0.6) is 0 Å². The summed E-state index contributed by atoms with van der Waals surface area (Å²) in [4.78, 5) is 12.5. The summed E-state index contributed by atoms with van der Waals surface area (Å²) < 4.78 is 56.1. The van der Waals surface area contributed by atoms with Crippen molar-refractivity contribution in [3.05, 3.63) is 92.4 Å². The zero-order valence-corrected chi connectivity index (χ0v) is 20.1. The van der Waals surface area contributed by atoms with E-state index in [2.05, 4.69) is 21.2 Å². The van der Waals surface area contributed by atoms with Gasteiger partial charge in [0.15, 0.2) is 0 Å². The Hall–Kier alpha value is -2.04. The van der Waals surface area contributed by atoms with Crippen LogP contribution in [0.2, 0.25) is 10.0 Å². The monoisotopic (exact) mass is 562 g/mol. The fraction of sp³-hybridized carbons (Fsp3) is 0.0952. The summed E-state index contributed by atoms with van der Waals surface area (Å²) in [6.07, 6.45) is 0. The number of halogens is 5. The van der Waals surface area contributed by atoms with Crippen molar-refractivity contribution in [2.75, 3.05) is 11.9 Å². The SMILES string of the molecule is O=C(CN(Cc1c(F)cccc1Cl)S(=O)(=O)c1ccc(Cl)cc1)Nc1ccc(Br)cc1F. The molecule has 3 rings (SSSR count). The number of carbonyl (C=O) groups is 1. The van der Waals surface area contributed by atoms with Gasteiger partial charge in [-0.05, 0) is 54.6 Å². The fourth-order valence-electron chi connectivity index (χ4n) is 2.78. The van der Waals surface area contributed by atoms with Crippen LogP contribution in [-0.2, 0) is 21.4 Å². The molecule has 1 amide bonds. The summed E-state index contributed by atoms with van der Waals surface area (Å²) in [5, 5.41) is 2.64. The van der Waals surface area contributed by atoms with Crippen molar-refractivity contribution >= 4 is 60.7 Å². The molecule has 0 unspecified atom stereocenters. The topological polar surface area (TPSA) is 66.5 Å². The van der Waals surface area contributed by atoms with Gasteiger partial charge in [-0.2, -0.15) is 4.31 Å². The van der Waals surface area contributed by atoms with E-state index in [0.717, 1.165) is 16.4 Å². The van der Waals surface area contributed by atoms with Crippen molar-refractivity contribution in [2.45, 2.75) is 11.4 Å². The average Bonchev–Trinajstić information content (AvgIpc) is 2.72. The number of benzene rings is 3. The predicted octanol–water partition coefficient (Wildman–Crippen LogP) is 5.86. The minimum absolute atomic E-state index is 0.000619. The number of rotatable bonds is 7. The standard InChI is InChI=1S/C21H15BrCl2F2N2O3S/c22-13-4-9-20(19(26)10-13)27-21(29)12-28(11-16-17(24)2-1-3-18(16)25)32(30,31)15-7-5-14(23)6-8-15/h1-10H,11-12H2,(H,27,29). The Labute approximate surface area is 202 Å². The third kappa shape index (κ3) is 5.85. The van der Waals surface area contributed by atoms with Crippen molar-refractivity contribution < 1.29 is 22.0 Å². The maximum atomic E-state index is 14.4. The van der Waals surface area contributed by atoms with Crippen LogP contribution in [0.1, 0.15) is 5.56 Å². The third-order valence-corrected chi connectivity index (χ3v) is 7.28. The van der Waals surface area contributed by atoms with E-state index >= 15 is 0 Å². The minimum atomic E-state index is -4.27. The first-order valence-corrected chi connectivity index (χ1v) is 12.0. The summed E-state index contributed by atoms with van der Waals surface area (Å²) in [7, 11) is -4.27. The lowest BCUT2D eigenvalue weighted by Crippen LogP contribution is -2.38. The highest BCUT2D eigenvalue weighted by Gasteiger charge is 2.29. The lowest BCUT2D eigenvalue weighted by molar-refractivity contribution is -0.116. The van der Waals surface area contributed by atoms with Gasteiger partial charge in [-0.15, -0.1) is 0 Å². The molecule has 0 radical (unpaired) electrons. The van der Waals surface area contributed by atoms with Crippen LogP contribution in [0.15, 0.2) is 70.0 Å². The van der Waals surface area contributed by atoms with E-state index in [9.17, 15) is 22.0 Å². The highest BCUT2D eigenvalue weighted by atomic mass is 79.9. The van der Waals surface area contributed by atoms with Crippen LogP contribution in [0.25, 0.3) is 0 Å². The Morgan fingerprint density at radius 1 is 1.00 bits per heavy atom. The molecule has 168 valence electrons. The number of anilines is 1. The first-order valence-electron chi connectivity index (χ1n) is 9.01. The Morgan fingerprint density at radius 2 is 1.69 bits per heavy atom. The lowest BCUT2D eigenvalue weighted by Gasteiger charge is -2.23. The van der Waals surface area contributed by atoms with Gasteiger partial charge in [0.05, 0.1) is 17.1 Å². The molecule has 0 bridgehead atoms. The molecule has 0 spiro atoms. The van der Waals surface area contributed by atoms with Gasteiger partial charge in [0.1, 0.15) is 11.6 Å². The molecule has 0 aromatic heterocycles. The Balaban J connectivity index is 1.94. The summed E-state index contributed by atoms with van der Waals surface area (Å²) in [6, 6.07) is 13.2. The van der Waals surface area contributed by atoms with Gasteiger partial charge in [-0.25, -0.2) is 17.2 Å². The van der Waals surface area contributed by atoms with Crippen LogP contribution < -0.4 is 5.32 Å². The quantitative estimate of drug-likeness (QED) is 0.391. The second-order valence-corrected chi connectivity index (χ2v) is 10.3. The van der Waals surface area contributed by atoms with Gasteiger partial charge in [0, 0.05) is 26.6 Å². The third-order valence-electron chi connectivity index (χ3n) is 4.37. The van der Waals surface area contributed by atoms with E-state index < -0.39 is 40.7 Å². The molecule has 0 saturated carbocycles. The number of carbonyl (C=O) groups excluding carboxylic acids is 1. The van der Waals surface area contributed by atoms with Crippen LogP contribution in [0, 0.1) is 11.6 Å². The van der Waals surface area contributed by atoms with E-state index in [0.29, 0.717) is 9.50 Å². The van der Waals surface area contributed by atoms with Gasteiger partial charge in [0.2, 0.25) is 15.9 Å². The van der Waals surface area contributed by atoms with Crippen molar-refractivity contribution in [1.29, 1.82) is 0 Å². The maximum absolute atomic E-state index is 14.4. The van der Waals surface area contributed by atoms with E-state index in [1.165, 1.54) is 48.5 Å². The van der Waals surface area contributed by atoms with Crippen molar-refractivity contribution in [1.82, 2.24) is 4.31 Å². The van der Waals surface area contributed by atoms with Crippen molar-refractivity contribution in [3.63, 3.8) is 0 Å². The molecule has 0 heterocycles. The van der Waals surface area contributed by atoms with E-state index in [1.807, 2.05) is 0 Å². The molecule has 5 nitrogen and oxygen atoms in total. The Bertz CT molecular complexity index is 1240. The molecule has 0 aliphatic heterocycles. The Kier molecular flexibility index (Phi) is 7.89. The van der Waals surface area contributed by atoms with Crippen LogP contribution >= 0.6 is 39.1 Å². The van der Waals surface area contributed by atoms with E-state index in [1.54, 1.807) is 0 Å². The highest BCUT2D eigenvalue weighted by molar-refractivity contribution is 9.10. The smallest absolute Gasteiger partial charge is 0.243 e. The largest absolute Gasteiger partial charge is 0.322 e. The molecule has 0 aliphatic carbocycles. The number of hydrogen-bond donors (Lipinski definition) is 1. The van der Waals surface area contributed by atoms with Crippen LogP contribution in [0.3, 0.4) is 0 Å².